The van der Waals surface area contributed by atoms with Gasteiger partial charge in [0.15, 0.2) is 0 Å². The topological polar surface area (TPSA) is 96.4 Å². The second-order valence-corrected chi connectivity index (χ2v) is 9.27. The van der Waals surface area contributed by atoms with E-state index < -0.39 is 47.5 Å². The number of rotatable bonds is 3. The average molecular weight is 473 g/mol. The number of ether oxygens (including phenoxy) is 2. The van der Waals surface area contributed by atoms with Gasteiger partial charge in [-0.25, -0.2) is 0 Å². The number of aliphatic hydroxyl groups excluding tert-OH is 1. The van der Waals surface area contributed by atoms with Gasteiger partial charge >= 0.3 is 5.97 Å². The molecule has 174 valence electrons. The summed E-state index contributed by atoms with van der Waals surface area (Å²) in [5.41, 5.74) is -0.719. The lowest BCUT2D eigenvalue weighted by Crippen LogP contribution is -2.57. The van der Waals surface area contributed by atoms with Crippen LogP contribution in [0, 0.1) is 11.8 Å². The third-order valence-electron chi connectivity index (χ3n) is 6.94. The van der Waals surface area contributed by atoms with Crippen molar-refractivity contribution in [3.05, 3.63) is 53.6 Å². The summed E-state index contributed by atoms with van der Waals surface area (Å²) in [6.45, 7) is 1.84. The van der Waals surface area contributed by atoms with Gasteiger partial charge in [-0.15, -0.1) is 0 Å². The van der Waals surface area contributed by atoms with Crippen molar-refractivity contribution in [1.82, 2.24) is 4.90 Å². The van der Waals surface area contributed by atoms with E-state index in [9.17, 15) is 19.5 Å². The van der Waals surface area contributed by atoms with Crippen LogP contribution in [-0.2, 0) is 23.9 Å². The minimum absolute atomic E-state index is 0.228. The van der Waals surface area contributed by atoms with Crippen LogP contribution in [0.5, 0.6) is 0 Å². The molecule has 3 unspecified atom stereocenters. The fourth-order valence-electron chi connectivity index (χ4n) is 5.46. The van der Waals surface area contributed by atoms with Crippen molar-refractivity contribution in [3.63, 3.8) is 0 Å². The van der Waals surface area contributed by atoms with Crippen LogP contribution in [0.2, 0.25) is 5.02 Å². The molecule has 4 aliphatic rings. The number of nitrogens with zero attached hydrogens (tertiary/aromatic N) is 2. The number of cyclic esters (lactones) is 1. The van der Waals surface area contributed by atoms with E-state index in [1.165, 1.54) is 4.90 Å². The largest absolute Gasteiger partial charge is 0.465 e. The second-order valence-electron chi connectivity index (χ2n) is 8.83. The van der Waals surface area contributed by atoms with Crippen LogP contribution in [0.3, 0.4) is 0 Å². The van der Waals surface area contributed by atoms with Gasteiger partial charge in [0, 0.05) is 17.3 Å². The highest BCUT2D eigenvalue weighted by Crippen LogP contribution is 2.53. The number of halogens is 1. The molecule has 1 aromatic rings. The number of anilines is 1. The molecule has 0 bridgehead atoms. The van der Waals surface area contributed by atoms with Crippen LogP contribution in [0.1, 0.15) is 13.3 Å². The number of carbonyl (C=O) groups excluding carboxylic acids is 3. The molecule has 0 radical (unpaired) electrons. The van der Waals surface area contributed by atoms with Crippen molar-refractivity contribution in [1.29, 1.82) is 0 Å². The van der Waals surface area contributed by atoms with Gasteiger partial charge in [0.05, 0.1) is 31.3 Å². The number of esters is 1. The smallest absolute Gasteiger partial charge is 0.312 e. The molecule has 5 rings (SSSR count). The van der Waals surface area contributed by atoms with Crippen molar-refractivity contribution >= 4 is 35.1 Å². The summed E-state index contributed by atoms with van der Waals surface area (Å²) < 4.78 is 11.8. The first kappa shape index (κ1) is 22.1. The van der Waals surface area contributed by atoms with E-state index in [2.05, 4.69) is 0 Å². The maximum absolute atomic E-state index is 14.0. The van der Waals surface area contributed by atoms with E-state index in [0.717, 1.165) is 0 Å². The third-order valence-corrected chi connectivity index (χ3v) is 7.19. The molecular formula is C24H25ClN2O6. The average Bonchev–Trinajstić information content (AvgIpc) is 3.18. The molecule has 1 spiro atoms. The molecule has 4 heterocycles. The monoisotopic (exact) mass is 472 g/mol. The highest BCUT2D eigenvalue weighted by molar-refractivity contribution is 6.30. The van der Waals surface area contributed by atoms with Gasteiger partial charge in [0.2, 0.25) is 5.91 Å². The van der Waals surface area contributed by atoms with E-state index in [4.69, 9.17) is 21.1 Å². The fraction of sp³-hybridized carbons (Fsp3) is 0.458. The minimum Gasteiger partial charge on any atom is -0.465 e. The molecule has 4 aliphatic heterocycles. The van der Waals surface area contributed by atoms with Crippen molar-refractivity contribution in [2.45, 2.75) is 37.1 Å². The molecule has 1 aromatic carbocycles. The van der Waals surface area contributed by atoms with Crippen LogP contribution >= 0.6 is 11.6 Å². The zero-order valence-corrected chi connectivity index (χ0v) is 18.9. The van der Waals surface area contributed by atoms with E-state index >= 15 is 0 Å². The number of amides is 2. The van der Waals surface area contributed by atoms with Crippen LogP contribution < -0.4 is 4.90 Å². The zero-order chi connectivity index (χ0) is 23.3. The quantitative estimate of drug-likeness (QED) is 0.531. The molecule has 33 heavy (non-hydrogen) atoms. The van der Waals surface area contributed by atoms with Gasteiger partial charge in [-0.2, -0.15) is 0 Å². The Bertz CT molecular complexity index is 1040. The van der Waals surface area contributed by atoms with E-state index in [0.29, 0.717) is 17.1 Å². The molecular weight excluding hydrogens is 448 g/mol. The Morgan fingerprint density at radius 3 is 2.67 bits per heavy atom. The second kappa shape index (κ2) is 8.27. The maximum Gasteiger partial charge on any atom is 0.312 e. The Balaban J connectivity index is 1.63. The number of fused-ring (bicyclic) bond motifs is 2. The highest BCUT2D eigenvalue weighted by atomic mass is 35.5. The lowest BCUT2D eigenvalue weighted by molar-refractivity contribution is -0.155. The van der Waals surface area contributed by atoms with Gasteiger partial charge in [0.1, 0.15) is 17.6 Å². The normalized spacial score (nSPS) is 34.2. The summed E-state index contributed by atoms with van der Waals surface area (Å²) in [6.07, 6.45) is 7.10. The summed E-state index contributed by atoms with van der Waals surface area (Å²) in [4.78, 5) is 43.7. The van der Waals surface area contributed by atoms with Crippen LogP contribution in [0.15, 0.2) is 48.6 Å². The summed E-state index contributed by atoms with van der Waals surface area (Å²) >= 11 is 6.02. The molecule has 0 aromatic heterocycles. The first-order chi connectivity index (χ1) is 15.9. The highest BCUT2D eigenvalue weighted by Gasteiger charge is 2.72. The Hall–Kier alpha value is -2.68. The van der Waals surface area contributed by atoms with E-state index in [1.54, 1.807) is 54.3 Å². The fourth-order valence-corrected chi connectivity index (χ4v) is 5.59. The predicted octanol–water partition coefficient (Wildman–Crippen LogP) is 1.71. The van der Waals surface area contributed by atoms with E-state index in [1.807, 2.05) is 6.08 Å². The van der Waals surface area contributed by atoms with Gasteiger partial charge in [-0.1, -0.05) is 35.9 Å². The summed E-state index contributed by atoms with van der Waals surface area (Å²) in [5, 5.41) is 10.4. The van der Waals surface area contributed by atoms with Gasteiger partial charge < -0.3 is 24.4 Å². The summed E-state index contributed by atoms with van der Waals surface area (Å²) in [6, 6.07) is 5.18. The molecule has 2 fully saturated rings. The Labute approximate surface area is 196 Å². The van der Waals surface area contributed by atoms with Gasteiger partial charge in [-0.05, 0) is 37.6 Å². The number of likely N-dealkylation sites (tertiary alicyclic amines) is 1. The van der Waals surface area contributed by atoms with Crippen molar-refractivity contribution < 1.29 is 29.0 Å². The summed E-state index contributed by atoms with van der Waals surface area (Å²) in [5.74, 6) is -3.04. The molecule has 9 heteroatoms. The number of hydrogen-bond donors (Lipinski definition) is 1. The Morgan fingerprint density at radius 1 is 1.18 bits per heavy atom. The molecule has 8 nitrogen and oxygen atoms in total. The number of carbonyl (C=O) groups is 3. The molecule has 2 saturated heterocycles. The van der Waals surface area contributed by atoms with Gasteiger partial charge in [0.25, 0.3) is 5.91 Å². The molecule has 6 atom stereocenters. The first-order valence-corrected chi connectivity index (χ1v) is 11.5. The van der Waals surface area contributed by atoms with Gasteiger partial charge in [-0.3, -0.25) is 14.4 Å². The van der Waals surface area contributed by atoms with E-state index in [-0.39, 0.29) is 25.7 Å². The minimum atomic E-state index is -1.35. The van der Waals surface area contributed by atoms with Crippen LogP contribution in [-0.4, -0.2) is 71.3 Å². The Kier molecular flexibility index (Phi) is 5.55. The molecule has 0 aliphatic carbocycles. The number of benzene rings is 1. The Morgan fingerprint density at radius 2 is 1.94 bits per heavy atom. The van der Waals surface area contributed by atoms with Crippen molar-refractivity contribution in [2.75, 3.05) is 24.7 Å². The lowest BCUT2D eigenvalue weighted by Gasteiger charge is -2.37. The molecule has 1 N–H and O–H groups in total. The summed E-state index contributed by atoms with van der Waals surface area (Å²) in [7, 11) is 0. The lowest BCUT2D eigenvalue weighted by atomic mass is 9.77. The molecule has 2 amide bonds. The number of aliphatic hydroxyl groups is 1. The number of hydrogen-bond acceptors (Lipinski definition) is 6. The van der Waals surface area contributed by atoms with Crippen molar-refractivity contribution in [2.24, 2.45) is 11.8 Å². The van der Waals surface area contributed by atoms with Crippen LogP contribution in [0.25, 0.3) is 0 Å². The molecule has 0 saturated carbocycles. The predicted molar refractivity (Wildman–Crippen MR) is 119 cm³/mol. The third kappa shape index (κ3) is 3.31. The zero-order valence-electron chi connectivity index (χ0n) is 18.1. The first-order valence-electron chi connectivity index (χ1n) is 11.1. The maximum atomic E-state index is 14.0. The standard InChI is InChI=1S/C24H25ClN2O6/c1-14(13-28)27-20-22(30)26(16-8-6-15(25)7-9-16)11-4-10-24(20)19(21(27)29)18-17(33-24)5-2-3-12-32-23(18)31/h2,4-10,14,17-20,28H,3,11-13H2,1H3/t14?,17-,18?,19+,20-,24?/m1/s1. The van der Waals surface area contributed by atoms with Crippen LogP contribution in [0.4, 0.5) is 5.69 Å². The SMILES string of the molecule is CC(CO)N1C(=O)[C@@H]2C3C(=O)OCCC=C[C@H]3OC23C=CCN(c2ccc(Cl)cc2)C(=O)[C@@H]13. The van der Waals surface area contributed by atoms with Crippen molar-refractivity contribution in [3.8, 4) is 0 Å².